The fraction of sp³-hybridized carbons (Fsp3) is 0.182. The van der Waals surface area contributed by atoms with Crippen molar-refractivity contribution in [3.63, 3.8) is 0 Å². The standard InChI is InChI=1S/C22H19N3O4/c1-23-18-13-29-17-10-6-5-9-15(17)19(14-7-3-2-4-8-14)25(18)24-12-11-16(26)21(27)20(24)22(23)28/h2-12,18-19,27H,13H2,1H3/t18-,19+/m1/s1. The van der Waals surface area contributed by atoms with Gasteiger partial charge in [0.1, 0.15) is 18.4 Å². The number of amides is 1. The maximum atomic E-state index is 13.0. The molecular formula is C22H19N3O4. The monoisotopic (exact) mass is 389 g/mol. The molecule has 0 spiro atoms. The van der Waals surface area contributed by atoms with Crippen molar-refractivity contribution in [1.82, 2.24) is 9.58 Å². The first-order valence-corrected chi connectivity index (χ1v) is 9.35. The van der Waals surface area contributed by atoms with Gasteiger partial charge < -0.3 is 14.7 Å². The molecule has 3 aromatic rings. The Balaban J connectivity index is 1.82. The second-order valence-electron chi connectivity index (χ2n) is 7.16. The highest BCUT2D eigenvalue weighted by atomic mass is 16.5. The zero-order valence-corrected chi connectivity index (χ0v) is 15.7. The van der Waals surface area contributed by atoms with Crippen LogP contribution in [0.4, 0.5) is 0 Å². The van der Waals surface area contributed by atoms with Crippen LogP contribution in [-0.4, -0.2) is 40.4 Å². The van der Waals surface area contributed by atoms with Gasteiger partial charge >= 0.3 is 0 Å². The number of benzene rings is 2. The van der Waals surface area contributed by atoms with Gasteiger partial charge in [-0.2, -0.15) is 0 Å². The predicted molar refractivity (Wildman–Crippen MR) is 107 cm³/mol. The molecule has 1 N–H and O–H groups in total. The molecule has 0 fully saturated rings. The Bertz CT molecular complexity index is 1160. The van der Waals surface area contributed by atoms with E-state index in [2.05, 4.69) is 0 Å². The summed E-state index contributed by atoms with van der Waals surface area (Å²) in [4.78, 5) is 26.6. The molecule has 1 aromatic heterocycles. The molecule has 2 aromatic carbocycles. The lowest BCUT2D eigenvalue weighted by Crippen LogP contribution is -2.62. The van der Waals surface area contributed by atoms with Gasteiger partial charge in [-0.1, -0.05) is 48.5 Å². The first-order valence-electron chi connectivity index (χ1n) is 9.35. The molecule has 7 heteroatoms. The molecule has 0 saturated carbocycles. The molecule has 7 nitrogen and oxygen atoms in total. The average molecular weight is 389 g/mol. The van der Waals surface area contributed by atoms with E-state index in [0.717, 1.165) is 16.9 Å². The zero-order valence-electron chi connectivity index (χ0n) is 15.7. The van der Waals surface area contributed by atoms with Crippen LogP contribution in [0.1, 0.15) is 27.7 Å². The zero-order chi connectivity index (χ0) is 20.1. The minimum Gasteiger partial charge on any atom is -0.502 e. The van der Waals surface area contributed by atoms with Gasteiger partial charge in [0, 0.05) is 24.9 Å². The number of para-hydroxylation sites is 1. The van der Waals surface area contributed by atoms with Gasteiger partial charge in [-0.15, -0.1) is 0 Å². The Morgan fingerprint density at radius 1 is 1.00 bits per heavy atom. The predicted octanol–water partition coefficient (Wildman–Crippen LogP) is 2.09. The Labute approximate surface area is 167 Å². The van der Waals surface area contributed by atoms with E-state index in [9.17, 15) is 14.7 Å². The number of ether oxygens (including phenoxy) is 1. The molecule has 0 bridgehead atoms. The van der Waals surface area contributed by atoms with Gasteiger partial charge in [-0.3, -0.25) is 19.3 Å². The van der Waals surface area contributed by atoms with E-state index >= 15 is 0 Å². The molecule has 3 heterocycles. The smallest absolute Gasteiger partial charge is 0.277 e. The summed E-state index contributed by atoms with van der Waals surface area (Å²) in [5, 5.41) is 12.4. The number of likely N-dealkylation sites (N-methyl/N-ethyl adjacent to an activating group) is 1. The van der Waals surface area contributed by atoms with Gasteiger partial charge in [0.05, 0.1) is 0 Å². The van der Waals surface area contributed by atoms with Gasteiger partial charge in [0.25, 0.3) is 5.91 Å². The number of hydrogen-bond donors (Lipinski definition) is 1. The summed E-state index contributed by atoms with van der Waals surface area (Å²) < 4.78 is 7.67. The summed E-state index contributed by atoms with van der Waals surface area (Å²) in [6.45, 7) is 0.245. The topological polar surface area (TPSA) is 75.0 Å². The largest absolute Gasteiger partial charge is 0.502 e. The third kappa shape index (κ3) is 2.51. The molecule has 2 atom stereocenters. The average Bonchev–Trinajstić information content (AvgIpc) is 2.92. The lowest BCUT2D eigenvalue weighted by atomic mass is 9.97. The third-order valence-corrected chi connectivity index (χ3v) is 5.56. The number of carbonyl (C=O) groups is 1. The summed E-state index contributed by atoms with van der Waals surface area (Å²) in [6, 6.07) is 18.6. The fourth-order valence-corrected chi connectivity index (χ4v) is 4.13. The number of aromatic nitrogens is 1. The van der Waals surface area contributed by atoms with Crippen molar-refractivity contribution in [1.29, 1.82) is 0 Å². The SMILES string of the molecule is CN1C(=O)c2c(O)c(=O)ccn2N2[C@@H](c3ccccc3)c3ccccc3OC[C@H]12. The van der Waals surface area contributed by atoms with E-state index in [1.807, 2.05) is 59.6 Å². The molecule has 0 aliphatic carbocycles. The summed E-state index contributed by atoms with van der Waals surface area (Å²) >= 11 is 0. The van der Waals surface area contributed by atoms with E-state index < -0.39 is 23.3 Å². The number of rotatable bonds is 1. The van der Waals surface area contributed by atoms with Gasteiger partial charge in [-0.05, 0) is 11.6 Å². The number of pyridine rings is 1. The third-order valence-electron chi connectivity index (χ3n) is 5.56. The number of fused-ring (bicyclic) bond motifs is 4. The van der Waals surface area contributed by atoms with Crippen molar-refractivity contribution >= 4 is 5.91 Å². The van der Waals surface area contributed by atoms with Crippen LogP contribution in [0.3, 0.4) is 0 Å². The Kier molecular flexibility index (Phi) is 3.84. The molecule has 2 aliphatic heterocycles. The van der Waals surface area contributed by atoms with Crippen LogP contribution < -0.4 is 15.2 Å². The van der Waals surface area contributed by atoms with E-state index in [1.54, 1.807) is 17.9 Å². The molecule has 0 unspecified atom stereocenters. The van der Waals surface area contributed by atoms with Crippen molar-refractivity contribution < 1.29 is 14.6 Å². The first-order chi connectivity index (χ1) is 14.1. The second-order valence-corrected chi connectivity index (χ2v) is 7.16. The van der Waals surface area contributed by atoms with Crippen LogP contribution >= 0.6 is 0 Å². The van der Waals surface area contributed by atoms with Crippen molar-refractivity contribution in [2.24, 2.45) is 0 Å². The summed E-state index contributed by atoms with van der Waals surface area (Å²) in [6.07, 6.45) is 1.11. The van der Waals surface area contributed by atoms with Crippen LogP contribution in [-0.2, 0) is 0 Å². The Morgan fingerprint density at radius 3 is 2.52 bits per heavy atom. The Morgan fingerprint density at radius 2 is 1.72 bits per heavy atom. The van der Waals surface area contributed by atoms with Crippen molar-refractivity contribution in [2.45, 2.75) is 12.2 Å². The normalized spacial score (nSPS) is 20.2. The van der Waals surface area contributed by atoms with Gasteiger partial charge in [-0.25, -0.2) is 0 Å². The van der Waals surface area contributed by atoms with E-state index in [-0.39, 0.29) is 18.3 Å². The van der Waals surface area contributed by atoms with Gasteiger partial charge in [0.2, 0.25) is 5.43 Å². The highest BCUT2D eigenvalue weighted by Gasteiger charge is 2.44. The van der Waals surface area contributed by atoms with Crippen LogP contribution in [0.15, 0.2) is 71.7 Å². The van der Waals surface area contributed by atoms with Gasteiger partial charge in [0.15, 0.2) is 17.6 Å². The minimum absolute atomic E-state index is 0.0448. The number of hydrogen-bond acceptors (Lipinski definition) is 5. The van der Waals surface area contributed by atoms with Crippen LogP contribution in [0.25, 0.3) is 0 Å². The molecule has 5 rings (SSSR count). The lowest BCUT2D eigenvalue weighted by Gasteiger charge is -2.47. The van der Waals surface area contributed by atoms with Crippen molar-refractivity contribution in [3.05, 3.63) is 93.9 Å². The minimum atomic E-state index is -0.584. The molecular weight excluding hydrogens is 370 g/mol. The number of carbonyl (C=O) groups excluding carboxylic acids is 1. The fourth-order valence-electron chi connectivity index (χ4n) is 4.13. The van der Waals surface area contributed by atoms with Crippen molar-refractivity contribution in [3.8, 4) is 11.5 Å². The van der Waals surface area contributed by atoms with Crippen LogP contribution in [0.5, 0.6) is 11.5 Å². The lowest BCUT2D eigenvalue weighted by molar-refractivity contribution is 0.0554. The number of aromatic hydroxyl groups is 1. The van der Waals surface area contributed by atoms with Crippen LogP contribution in [0, 0.1) is 0 Å². The van der Waals surface area contributed by atoms with Crippen LogP contribution in [0.2, 0.25) is 0 Å². The van der Waals surface area contributed by atoms with E-state index in [1.165, 1.54) is 11.0 Å². The van der Waals surface area contributed by atoms with E-state index in [0.29, 0.717) is 0 Å². The molecule has 0 radical (unpaired) electrons. The maximum Gasteiger partial charge on any atom is 0.277 e. The maximum absolute atomic E-state index is 13.0. The molecule has 1 amide bonds. The molecule has 146 valence electrons. The summed E-state index contributed by atoms with van der Waals surface area (Å²) in [7, 11) is 1.65. The Hall–Kier alpha value is -3.74. The molecule has 2 aliphatic rings. The highest BCUT2D eigenvalue weighted by Crippen LogP contribution is 2.40. The quantitative estimate of drug-likeness (QED) is 0.690. The highest BCUT2D eigenvalue weighted by molar-refractivity contribution is 5.96. The first kappa shape index (κ1) is 17.4. The summed E-state index contributed by atoms with van der Waals surface area (Å²) in [5.41, 5.74) is 1.31. The van der Waals surface area contributed by atoms with E-state index in [4.69, 9.17) is 4.74 Å². The summed E-state index contributed by atoms with van der Waals surface area (Å²) in [5.74, 6) is -0.237. The number of nitrogens with zero attached hydrogens (tertiary/aromatic N) is 3. The molecule has 0 saturated heterocycles. The van der Waals surface area contributed by atoms with Crippen molar-refractivity contribution in [2.75, 3.05) is 18.7 Å². The second kappa shape index (κ2) is 6.41. The molecule has 29 heavy (non-hydrogen) atoms.